The van der Waals surface area contributed by atoms with E-state index in [1.54, 1.807) is 25.3 Å². The molecule has 0 amide bonds. The predicted molar refractivity (Wildman–Crippen MR) is 74.7 cm³/mol. The first-order chi connectivity index (χ1) is 9.67. The number of phenols is 2. The van der Waals surface area contributed by atoms with E-state index in [9.17, 15) is 10.2 Å². The molecule has 2 aromatic carbocycles. The van der Waals surface area contributed by atoms with Crippen molar-refractivity contribution in [3.8, 4) is 23.0 Å². The van der Waals surface area contributed by atoms with Crippen LogP contribution in [-0.4, -0.2) is 23.9 Å². The molecular weight excluding hydrogens is 256 g/mol. The number of hydrogen-bond donors (Lipinski definition) is 2. The summed E-state index contributed by atoms with van der Waals surface area (Å²) in [7, 11) is 1.57. The molecule has 0 aromatic heterocycles. The lowest BCUT2D eigenvalue weighted by atomic mass is 9.89. The van der Waals surface area contributed by atoms with Crippen molar-refractivity contribution in [1.29, 1.82) is 0 Å². The predicted octanol–water partition coefficient (Wildman–Crippen LogP) is 2.83. The van der Waals surface area contributed by atoms with Gasteiger partial charge in [-0.3, -0.25) is 0 Å². The van der Waals surface area contributed by atoms with Crippen molar-refractivity contribution < 1.29 is 19.7 Å². The van der Waals surface area contributed by atoms with E-state index in [0.717, 1.165) is 17.5 Å². The highest BCUT2D eigenvalue weighted by Gasteiger charge is 2.24. The van der Waals surface area contributed by atoms with Crippen LogP contribution in [0, 0.1) is 0 Å². The Kier molecular flexibility index (Phi) is 3.14. The first kappa shape index (κ1) is 12.7. The van der Waals surface area contributed by atoms with Crippen molar-refractivity contribution in [2.75, 3.05) is 13.7 Å². The second-order valence-corrected chi connectivity index (χ2v) is 4.93. The number of fused-ring (bicyclic) bond motifs is 1. The van der Waals surface area contributed by atoms with E-state index in [1.807, 2.05) is 18.2 Å². The summed E-state index contributed by atoms with van der Waals surface area (Å²) in [5, 5.41) is 19.5. The van der Waals surface area contributed by atoms with E-state index >= 15 is 0 Å². The zero-order valence-electron chi connectivity index (χ0n) is 11.2. The molecule has 1 heterocycles. The molecule has 0 spiro atoms. The van der Waals surface area contributed by atoms with Gasteiger partial charge in [-0.2, -0.15) is 0 Å². The van der Waals surface area contributed by atoms with Crippen LogP contribution in [0.15, 0.2) is 36.4 Å². The van der Waals surface area contributed by atoms with Gasteiger partial charge in [0.05, 0.1) is 13.7 Å². The molecule has 2 N–H and O–H groups in total. The Balaban J connectivity index is 1.88. The topological polar surface area (TPSA) is 58.9 Å². The Hall–Kier alpha value is -2.36. The zero-order valence-corrected chi connectivity index (χ0v) is 11.2. The smallest absolute Gasteiger partial charge is 0.126 e. The summed E-state index contributed by atoms with van der Waals surface area (Å²) in [4.78, 5) is 0. The molecule has 1 atom stereocenters. The van der Waals surface area contributed by atoms with Crippen molar-refractivity contribution in [2.24, 2.45) is 0 Å². The minimum atomic E-state index is 0.0953. The molecule has 0 saturated carbocycles. The van der Waals surface area contributed by atoms with Gasteiger partial charge in [0.25, 0.3) is 0 Å². The third-order valence-electron chi connectivity index (χ3n) is 3.63. The van der Waals surface area contributed by atoms with Crippen molar-refractivity contribution in [1.82, 2.24) is 0 Å². The van der Waals surface area contributed by atoms with Gasteiger partial charge in [0.1, 0.15) is 23.0 Å². The van der Waals surface area contributed by atoms with E-state index in [2.05, 4.69) is 0 Å². The summed E-state index contributed by atoms with van der Waals surface area (Å²) in [6.07, 6.45) is 0.773. The molecule has 4 heteroatoms. The standard InChI is InChI=1S/C16H16O4/c1-19-13-4-5-14(15(18)8-13)11-6-10-2-3-12(17)7-16(10)20-9-11/h2-5,7-8,11,17-18H,6,9H2,1H3/t11-/m1/s1. The largest absolute Gasteiger partial charge is 0.508 e. The second-order valence-electron chi connectivity index (χ2n) is 4.93. The van der Waals surface area contributed by atoms with Crippen LogP contribution in [-0.2, 0) is 6.42 Å². The van der Waals surface area contributed by atoms with Gasteiger partial charge in [-0.15, -0.1) is 0 Å². The van der Waals surface area contributed by atoms with Crippen LogP contribution in [0.3, 0.4) is 0 Å². The Morgan fingerprint density at radius 3 is 2.75 bits per heavy atom. The third kappa shape index (κ3) is 2.25. The molecule has 0 radical (unpaired) electrons. The normalized spacial score (nSPS) is 17.1. The minimum Gasteiger partial charge on any atom is -0.508 e. The monoisotopic (exact) mass is 272 g/mol. The van der Waals surface area contributed by atoms with Gasteiger partial charge < -0.3 is 19.7 Å². The van der Waals surface area contributed by atoms with Gasteiger partial charge in [0.15, 0.2) is 0 Å². The average Bonchev–Trinajstić information content (AvgIpc) is 2.46. The van der Waals surface area contributed by atoms with E-state index in [0.29, 0.717) is 18.1 Å². The first-order valence-electron chi connectivity index (χ1n) is 6.49. The Bertz CT molecular complexity index is 636. The summed E-state index contributed by atoms with van der Waals surface area (Å²) in [5.74, 6) is 1.87. The van der Waals surface area contributed by atoms with Crippen molar-refractivity contribution in [2.45, 2.75) is 12.3 Å². The van der Waals surface area contributed by atoms with Crippen molar-refractivity contribution in [3.63, 3.8) is 0 Å². The Morgan fingerprint density at radius 2 is 2.00 bits per heavy atom. The number of ether oxygens (including phenoxy) is 2. The van der Waals surface area contributed by atoms with Crippen LogP contribution in [0.2, 0.25) is 0 Å². The third-order valence-corrected chi connectivity index (χ3v) is 3.63. The number of rotatable bonds is 2. The fourth-order valence-corrected chi connectivity index (χ4v) is 2.56. The molecule has 3 rings (SSSR count). The van der Waals surface area contributed by atoms with Crippen LogP contribution in [0.5, 0.6) is 23.0 Å². The number of methoxy groups -OCH3 is 1. The zero-order chi connectivity index (χ0) is 14.1. The number of benzene rings is 2. The summed E-state index contributed by atoms with van der Waals surface area (Å²) >= 11 is 0. The van der Waals surface area contributed by atoms with Gasteiger partial charge in [-0.05, 0) is 24.1 Å². The van der Waals surface area contributed by atoms with Crippen LogP contribution < -0.4 is 9.47 Å². The van der Waals surface area contributed by atoms with Gasteiger partial charge >= 0.3 is 0 Å². The van der Waals surface area contributed by atoms with Crippen LogP contribution in [0.1, 0.15) is 17.0 Å². The maximum absolute atomic E-state index is 10.1. The minimum absolute atomic E-state index is 0.0953. The molecule has 0 fully saturated rings. The molecule has 4 nitrogen and oxygen atoms in total. The maximum Gasteiger partial charge on any atom is 0.126 e. The second kappa shape index (κ2) is 4.96. The Labute approximate surface area is 117 Å². The molecule has 104 valence electrons. The summed E-state index contributed by atoms with van der Waals surface area (Å²) < 4.78 is 10.8. The van der Waals surface area contributed by atoms with E-state index < -0.39 is 0 Å². The van der Waals surface area contributed by atoms with Crippen LogP contribution in [0.25, 0.3) is 0 Å². The molecule has 0 aliphatic carbocycles. The molecule has 2 aromatic rings. The van der Waals surface area contributed by atoms with Gasteiger partial charge in [-0.25, -0.2) is 0 Å². The highest BCUT2D eigenvalue weighted by molar-refractivity contribution is 5.46. The van der Waals surface area contributed by atoms with Gasteiger partial charge in [0, 0.05) is 23.6 Å². The highest BCUT2D eigenvalue weighted by atomic mass is 16.5. The van der Waals surface area contributed by atoms with Crippen LogP contribution in [0.4, 0.5) is 0 Å². The highest BCUT2D eigenvalue weighted by Crippen LogP contribution is 2.38. The maximum atomic E-state index is 10.1. The lowest BCUT2D eigenvalue weighted by molar-refractivity contribution is 0.258. The average molecular weight is 272 g/mol. The molecule has 1 aliphatic heterocycles. The number of phenolic OH excluding ortho intramolecular Hbond substituents is 2. The van der Waals surface area contributed by atoms with Crippen molar-refractivity contribution >= 4 is 0 Å². The number of hydrogen-bond acceptors (Lipinski definition) is 4. The quantitative estimate of drug-likeness (QED) is 0.882. The van der Waals surface area contributed by atoms with Crippen LogP contribution >= 0.6 is 0 Å². The fraction of sp³-hybridized carbons (Fsp3) is 0.250. The Morgan fingerprint density at radius 1 is 1.15 bits per heavy atom. The van der Waals surface area contributed by atoms with Gasteiger partial charge in [0.2, 0.25) is 0 Å². The SMILES string of the molecule is COc1ccc([C@H]2COc3cc(O)ccc3C2)c(O)c1. The van der Waals surface area contributed by atoms with E-state index in [-0.39, 0.29) is 17.4 Å². The fourth-order valence-electron chi connectivity index (χ4n) is 2.56. The van der Waals surface area contributed by atoms with E-state index in [4.69, 9.17) is 9.47 Å². The molecule has 0 unspecified atom stereocenters. The molecule has 0 saturated heterocycles. The summed E-state index contributed by atoms with van der Waals surface area (Å²) in [6, 6.07) is 10.5. The summed E-state index contributed by atoms with van der Waals surface area (Å²) in [5.41, 5.74) is 1.89. The van der Waals surface area contributed by atoms with Gasteiger partial charge in [-0.1, -0.05) is 12.1 Å². The summed E-state index contributed by atoms with van der Waals surface area (Å²) in [6.45, 7) is 0.482. The lowest BCUT2D eigenvalue weighted by Crippen LogP contribution is -2.19. The lowest BCUT2D eigenvalue weighted by Gasteiger charge is -2.26. The molecular formula is C16H16O4. The van der Waals surface area contributed by atoms with Crippen molar-refractivity contribution in [3.05, 3.63) is 47.5 Å². The molecule has 20 heavy (non-hydrogen) atoms. The molecule has 1 aliphatic rings. The molecule has 0 bridgehead atoms. The van der Waals surface area contributed by atoms with E-state index in [1.165, 1.54) is 0 Å². The number of aromatic hydroxyl groups is 2. The first-order valence-corrected chi connectivity index (χ1v) is 6.49.